The zero-order valence-corrected chi connectivity index (χ0v) is 9.42. The van der Waals surface area contributed by atoms with E-state index in [1.807, 2.05) is 27.7 Å². The van der Waals surface area contributed by atoms with Gasteiger partial charge >= 0.3 is 0 Å². The molecule has 0 aliphatic heterocycles. The normalized spacial score (nSPS) is 23.8. The molecule has 13 heavy (non-hydrogen) atoms. The molecule has 1 amide bonds. The van der Waals surface area contributed by atoms with Crippen LogP contribution in [0.5, 0.6) is 0 Å². The summed E-state index contributed by atoms with van der Waals surface area (Å²) < 4.78 is 0. The quantitative estimate of drug-likeness (QED) is 0.492. The molecule has 0 radical (unpaired) electrons. The fraction of sp³-hybridized carbons (Fsp3) is 0.900. The first-order chi connectivity index (χ1) is 6.24. The van der Waals surface area contributed by atoms with Crippen LogP contribution in [0, 0.1) is 11.8 Å². The first-order valence-electron chi connectivity index (χ1n) is 5.18. The minimum atomic E-state index is -0.229. The number of amides is 1. The monoisotopic (exact) mass is 189 g/mol. The summed E-state index contributed by atoms with van der Waals surface area (Å²) in [5.74, 6) is 0.505. The van der Waals surface area contributed by atoms with Gasteiger partial charge < -0.3 is 0 Å². The summed E-state index contributed by atoms with van der Waals surface area (Å²) in [6.07, 6.45) is 1.85. The molecule has 1 rings (SSSR count). The molecular weight excluding hydrogens is 166 g/mol. The van der Waals surface area contributed by atoms with E-state index in [0.717, 1.165) is 12.8 Å². The van der Waals surface area contributed by atoms with Crippen LogP contribution in [0.15, 0.2) is 0 Å². The van der Waals surface area contributed by atoms with Crippen LogP contribution in [0.4, 0.5) is 0 Å². The lowest BCUT2D eigenvalue weighted by molar-refractivity contribution is -0.137. The van der Waals surface area contributed by atoms with Gasteiger partial charge in [-0.3, -0.25) is 10.0 Å². The molecule has 0 spiro atoms. The largest absolute Gasteiger partial charge is 0.289 e. The Morgan fingerprint density at radius 3 is 1.85 bits per heavy atom. The van der Waals surface area contributed by atoms with Gasteiger partial charge in [0.1, 0.15) is 0 Å². The van der Waals surface area contributed by atoms with Crippen molar-refractivity contribution in [3.8, 4) is 0 Å². The third-order valence-corrected chi connectivity index (χ3v) is 1.85. The predicted octanol–water partition coefficient (Wildman–Crippen LogP) is 2.59. The Balaban J connectivity index is 0. The number of carbonyl (C=O) groups is 1. The van der Waals surface area contributed by atoms with Gasteiger partial charge in [-0.1, -0.05) is 34.6 Å². The molecule has 3 heteroatoms. The number of hydrogen-bond donors (Lipinski definition) is 2. The second kappa shape index (κ2) is 9.52. The fourth-order valence-corrected chi connectivity index (χ4v) is 1.21. The van der Waals surface area contributed by atoms with Crippen LogP contribution in [0.25, 0.3) is 0 Å². The molecule has 3 nitrogen and oxygen atoms in total. The standard InChI is InChI=1S/C6H11NO2.2C2H6/c1-4-2-5(3-4)6(8)7-9;2*1-2/h4-5,9H,2-3H2,1H3,(H,7,8);2*1-2H3. The molecule has 1 fully saturated rings. The minimum Gasteiger partial charge on any atom is -0.289 e. The van der Waals surface area contributed by atoms with Crippen LogP contribution >= 0.6 is 0 Å². The molecule has 0 aromatic heterocycles. The molecule has 0 aromatic carbocycles. The van der Waals surface area contributed by atoms with Gasteiger partial charge in [-0.05, 0) is 18.8 Å². The van der Waals surface area contributed by atoms with Crippen molar-refractivity contribution in [2.45, 2.75) is 47.5 Å². The summed E-state index contributed by atoms with van der Waals surface area (Å²) in [5, 5.41) is 8.16. The Morgan fingerprint density at radius 2 is 1.62 bits per heavy atom. The van der Waals surface area contributed by atoms with Crippen LogP contribution in [0.1, 0.15) is 47.5 Å². The van der Waals surface area contributed by atoms with Crippen LogP contribution in [0.3, 0.4) is 0 Å². The van der Waals surface area contributed by atoms with Crippen LogP contribution in [-0.2, 0) is 4.79 Å². The van der Waals surface area contributed by atoms with Gasteiger partial charge in [-0.25, -0.2) is 5.48 Å². The van der Waals surface area contributed by atoms with Crippen LogP contribution < -0.4 is 5.48 Å². The Hall–Kier alpha value is -0.570. The molecule has 0 saturated heterocycles. The molecule has 1 aliphatic rings. The van der Waals surface area contributed by atoms with Gasteiger partial charge in [0.2, 0.25) is 5.91 Å². The van der Waals surface area contributed by atoms with Gasteiger partial charge in [-0.15, -0.1) is 0 Å². The van der Waals surface area contributed by atoms with Crippen molar-refractivity contribution >= 4 is 5.91 Å². The highest BCUT2D eigenvalue weighted by atomic mass is 16.5. The van der Waals surface area contributed by atoms with Crippen molar-refractivity contribution in [2.75, 3.05) is 0 Å². The fourth-order valence-electron chi connectivity index (χ4n) is 1.21. The molecule has 0 atom stereocenters. The number of nitrogens with one attached hydrogen (secondary N) is 1. The maximum Gasteiger partial charge on any atom is 0.246 e. The lowest BCUT2D eigenvalue weighted by atomic mass is 9.76. The van der Waals surface area contributed by atoms with Crippen LogP contribution in [-0.4, -0.2) is 11.1 Å². The zero-order valence-electron chi connectivity index (χ0n) is 9.42. The van der Waals surface area contributed by atoms with Gasteiger partial charge in [0.15, 0.2) is 0 Å². The van der Waals surface area contributed by atoms with E-state index >= 15 is 0 Å². The van der Waals surface area contributed by atoms with E-state index in [4.69, 9.17) is 5.21 Å². The molecule has 2 N–H and O–H groups in total. The molecule has 0 bridgehead atoms. The van der Waals surface area contributed by atoms with Crippen molar-refractivity contribution in [1.82, 2.24) is 5.48 Å². The average Bonchev–Trinajstić information content (AvgIpc) is 2.18. The third kappa shape index (κ3) is 5.64. The third-order valence-electron chi connectivity index (χ3n) is 1.85. The lowest BCUT2D eigenvalue weighted by Gasteiger charge is -2.30. The van der Waals surface area contributed by atoms with E-state index in [1.165, 1.54) is 0 Å². The van der Waals surface area contributed by atoms with E-state index in [2.05, 4.69) is 6.92 Å². The van der Waals surface area contributed by atoms with Gasteiger partial charge in [0.05, 0.1) is 0 Å². The summed E-state index contributed by atoms with van der Waals surface area (Å²) in [4.78, 5) is 10.6. The van der Waals surface area contributed by atoms with Crippen molar-refractivity contribution in [2.24, 2.45) is 11.8 Å². The number of carbonyl (C=O) groups excluding carboxylic acids is 1. The Kier molecular flexibility index (Phi) is 10.9. The predicted molar refractivity (Wildman–Crippen MR) is 54.5 cm³/mol. The van der Waals surface area contributed by atoms with Gasteiger partial charge in [-0.2, -0.15) is 0 Å². The highest BCUT2D eigenvalue weighted by molar-refractivity contribution is 5.78. The van der Waals surface area contributed by atoms with Gasteiger partial charge in [0, 0.05) is 5.92 Å². The first kappa shape index (κ1) is 14.9. The average molecular weight is 189 g/mol. The smallest absolute Gasteiger partial charge is 0.246 e. The van der Waals surface area contributed by atoms with E-state index in [1.54, 1.807) is 5.48 Å². The lowest BCUT2D eigenvalue weighted by Crippen LogP contribution is -2.36. The molecule has 0 unspecified atom stereocenters. The molecule has 0 heterocycles. The van der Waals surface area contributed by atoms with Crippen molar-refractivity contribution < 1.29 is 10.0 Å². The minimum absolute atomic E-state index is 0.0741. The Bertz CT molecular complexity index is 120. The second-order valence-corrected chi connectivity index (χ2v) is 2.75. The van der Waals surface area contributed by atoms with E-state index in [-0.39, 0.29) is 11.8 Å². The molecular formula is C10H23NO2. The zero-order chi connectivity index (χ0) is 10.9. The summed E-state index contributed by atoms with van der Waals surface area (Å²) in [6.45, 7) is 10.1. The van der Waals surface area contributed by atoms with Gasteiger partial charge in [0.25, 0.3) is 0 Å². The Labute approximate surface area is 81.5 Å². The summed E-state index contributed by atoms with van der Waals surface area (Å²) >= 11 is 0. The van der Waals surface area contributed by atoms with E-state index in [9.17, 15) is 4.79 Å². The topological polar surface area (TPSA) is 49.3 Å². The number of hydrogen-bond acceptors (Lipinski definition) is 2. The van der Waals surface area contributed by atoms with Crippen molar-refractivity contribution in [1.29, 1.82) is 0 Å². The maximum atomic E-state index is 10.6. The summed E-state index contributed by atoms with van der Waals surface area (Å²) in [6, 6.07) is 0. The summed E-state index contributed by atoms with van der Waals surface area (Å²) in [5.41, 5.74) is 1.65. The SMILES string of the molecule is CC.CC.CC1CC(C(=O)NO)C1. The molecule has 0 aromatic rings. The summed E-state index contributed by atoms with van der Waals surface area (Å²) in [7, 11) is 0. The van der Waals surface area contributed by atoms with E-state index in [0.29, 0.717) is 5.92 Å². The highest BCUT2D eigenvalue weighted by Crippen LogP contribution is 2.32. The van der Waals surface area contributed by atoms with Crippen LogP contribution in [0.2, 0.25) is 0 Å². The molecule has 80 valence electrons. The maximum absolute atomic E-state index is 10.6. The molecule has 1 aliphatic carbocycles. The number of rotatable bonds is 1. The first-order valence-corrected chi connectivity index (χ1v) is 5.18. The Morgan fingerprint density at radius 1 is 1.23 bits per heavy atom. The van der Waals surface area contributed by atoms with Crippen molar-refractivity contribution in [3.05, 3.63) is 0 Å². The number of hydroxylamine groups is 1. The molecule has 1 saturated carbocycles. The highest BCUT2D eigenvalue weighted by Gasteiger charge is 2.30. The van der Waals surface area contributed by atoms with E-state index < -0.39 is 0 Å². The second-order valence-electron chi connectivity index (χ2n) is 2.75. The van der Waals surface area contributed by atoms with Crippen molar-refractivity contribution in [3.63, 3.8) is 0 Å².